The molecule has 1 N–H and O–H groups in total. The van der Waals surface area contributed by atoms with E-state index in [2.05, 4.69) is 30.0 Å². The second-order valence-corrected chi connectivity index (χ2v) is 8.36. The quantitative estimate of drug-likeness (QED) is 0.626. The van der Waals surface area contributed by atoms with Crippen molar-refractivity contribution in [2.24, 2.45) is 0 Å². The van der Waals surface area contributed by atoms with E-state index in [1.807, 2.05) is 4.90 Å². The number of hydrogen-bond donors (Lipinski definition) is 1. The molecule has 2 amide bonds. The maximum Gasteiger partial charge on any atom is 0.407 e. The first kappa shape index (κ1) is 22.4. The summed E-state index contributed by atoms with van der Waals surface area (Å²) >= 11 is 0. The van der Waals surface area contributed by atoms with Crippen molar-refractivity contribution in [1.82, 2.24) is 14.7 Å². The van der Waals surface area contributed by atoms with Gasteiger partial charge in [0, 0.05) is 25.7 Å². The number of carbonyl (C=O) groups is 2. The first-order valence-corrected chi connectivity index (χ1v) is 11.2. The van der Waals surface area contributed by atoms with Gasteiger partial charge in [-0.05, 0) is 74.9 Å². The molecule has 3 rings (SSSR count). The standard InChI is InChI=1S/C23H35N3O4/c1-3-10-24(20-8-6-18-7-9-21(30-2)16-19(18)15-20)11-4-5-12-25-13-14-26(23(28)29)17-22(25)27/h7,9,16,20H,3-6,8,10-15,17H2,1-2H3,(H,28,29). The Morgan fingerprint density at radius 3 is 2.77 bits per heavy atom. The van der Waals surface area contributed by atoms with Crippen molar-refractivity contribution in [1.29, 1.82) is 0 Å². The van der Waals surface area contributed by atoms with Gasteiger partial charge in [-0.3, -0.25) is 9.69 Å². The summed E-state index contributed by atoms with van der Waals surface area (Å²) in [5, 5.41) is 9.03. The minimum atomic E-state index is -1.01. The van der Waals surface area contributed by atoms with E-state index in [9.17, 15) is 9.59 Å². The topological polar surface area (TPSA) is 73.3 Å². The molecule has 1 aromatic carbocycles. The molecule has 0 radical (unpaired) electrons. The summed E-state index contributed by atoms with van der Waals surface area (Å²) in [5.74, 6) is 0.857. The van der Waals surface area contributed by atoms with Crippen LogP contribution in [0.2, 0.25) is 0 Å². The summed E-state index contributed by atoms with van der Waals surface area (Å²) in [6, 6.07) is 7.01. The molecule has 0 bridgehead atoms. The fraction of sp³-hybridized carbons (Fsp3) is 0.652. The molecule has 7 nitrogen and oxygen atoms in total. The molecule has 1 aliphatic carbocycles. The number of carbonyl (C=O) groups excluding carboxylic acids is 1. The van der Waals surface area contributed by atoms with Gasteiger partial charge in [0.1, 0.15) is 12.3 Å². The SMILES string of the molecule is CCCN(CCCCN1CCN(C(=O)O)CC1=O)C1CCc2ccc(OC)cc2C1. The third-order valence-corrected chi connectivity index (χ3v) is 6.36. The Morgan fingerprint density at radius 1 is 1.23 bits per heavy atom. The third-order valence-electron chi connectivity index (χ3n) is 6.36. The summed E-state index contributed by atoms with van der Waals surface area (Å²) in [6.45, 7) is 5.99. The highest BCUT2D eigenvalue weighted by atomic mass is 16.5. The fourth-order valence-corrected chi connectivity index (χ4v) is 4.64. The van der Waals surface area contributed by atoms with Crippen LogP contribution in [0, 0.1) is 0 Å². The van der Waals surface area contributed by atoms with Gasteiger partial charge in [-0.1, -0.05) is 13.0 Å². The Hall–Kier alpha value is -2.28. The molecule has 0 spiro atoms. The second kappa shape index (κ2) is 10.7. The molecule has 1 aromatic rings. The zero-order valence-electron chi connectivity index (χ0n) is 18.3. The van der Waals surface area contributed by atoms with Crippen LogP contribution >= 0.6 is 0 Å². The van der Waals surface area contributed by atoms with Crippen molar-refractivity contribution in [3.05, 3.63) is 29.3 Å². The number of amides is 2. The summed E-state index contributed by atoms with van der Waals surface area (Å²) in [4.78, 5) is 28.8. The van der Waals surface area contributed by atoms with Crippen LogP contribution in [-0.2, 0) is 17.6 Å². The van der Waals surface area contributed by atoms with Gasteiger partial charge in [0.15, 0.2) is 0 Å². The molecule has 0 aromatic heterocycles. The monoisotopic (exact) mass is 417 g/mol. The molecule has 1 heterocycles. The van der Waals surface area contributed by atoms with Crippen molar-refractivity contribution >= 4 is 12.0 Å². The van der Waals surface area contributed by atoms with E-state index in [0.717, 1.165) is 57.5 Å². The maximum absolute atomic E-state index is 12.2. The van der Waals surface area contributed by atoms with Crippen molar-refractivity contribution in [3.8, 4) is 5.75 Å². The predicted octanol–water partition coefficient (Wildman–Crippen LogP) is 2.87. The zero-order chi connectivity index (χ0) is 21.5. The van der Waals surface area contributed by atoms with Crippen LogP contribution in [0.25, 0.3) is 0 Å². The van der Waals surface area contributed by atoms with Gasteiger partial charge in [-0.15, -0.1) is 0 Å². The van der Waals surface area contributed by atoms with Crippen LogP contribution in [0.3, 0.4) is 0 Å². The molecule has 1 aliphatic heterocycles. The Bertz CT molecular complexity index is 739. The molecular weight excluding hydrogens is 382 g/mol. The van der Waals surface area contributed by atoms with Crippen LogP contribution in [0.15, 0.2) is 18.2 Å². The molecule has 7 heteroatoms. The molecule has 30 heavy (non-hydrogen) atoms. The number of methoxy groups -OCH3 is 1. The third kappa shape index (κ3) is 5.65. The summed E-state index contributed by atoms with van der Waals surface area (Å²) in [5.41, 5.74) is 2.86. The molecule has 1 atom stereocenters. The molecule has 166 valence electrons. The Balaban J connectivity index is 1.47. The Morgan fingerprint density at radius 2 is 2.07 bits per heavy atom. The van der Waals surface area contributed by atoms with Gasteiger partial charge >= 0.3 is 6.09 Å². The minimum Gasteiger partial charge on any atom is -0.497 e. The Kier molecular flexibility index (Phi) is 7.96. The first-order chi connectivity index (χ1) is 14.5. The van der Waals surface area contributed by atoms with Gasteiger partial charge in [0.05, 0.1) is 7.11 Å². The molecule has 1 fully saturated rings. The number of fused-ring (bicyclic) bond motifs is 1. The van der Waals surface area contributed by atoms with Crippen molar-refractivity contribution in [2.75, 3.05) is 46.4 Å². The average Bonchev–Trinajstić information content (AvgIpc) is 2.75. The largest absolute Gasteiger partial charge is 0.497 e. The van der Waals surface area contributed by atoms with Crippen molar-refractivity contribution < 1.29 is 19.4 Å². The molecule has 1 saturated heterocycles. The lowest BCUT2D eigenvalue weighted by Gasteiger charge is -2.36. The highest BCUT2D eigenvalue weighted by molar-refractivity contribution is 5.83. The van der Waals surface area contributed by atoms with E-state index in [0.29, 0.717) is 19.1 Å². The van der Waals surface area contributed by atoms with E-state index in [1.165, 1.54) is 22.4 Å². The lowest BCUT2D eigenvalue weighted by molar-refractivity contribution is -0.135. The molecule has 0 saturated carbocycles. The minimum absolute atomic E-state index is 0.0117. The van der Waals surface area contributed by atoms with Crippen LogP contribution in [0.5, 0.6) is 5.75 Å². The number of hydrogen-bond acceptors (Lipinski definition) is 4. The molecule has 1 unspecified atom stereocenters. The van der Waals surface area contributed by atoms with E-state index >= 15 is 0 Å². The van der Waals surface area contributed by atoms with Gasteiger partial charge in [0.25, 0.3) is 0 Å². The highest BCUT2D eigenvalue weighted by Crippen LogP contribution is 2.28. The predicted molar refractivity (Wildman–Crippen MR) is 116 cm³/mol. The van der Waals surface area contributed by atoms with E-state index in [-0.39, 0.29) is 12.5 Å². The molecular formula is C23H35N3O4. The Labute approximate surface area is 179 Å². The van der Waals surface area contributed by atoms with E-state index in [1.54, 1.807) is 7.11 Å². The number of benzene rings is 1. The van der Waals surface area contributed by atoms with Gasteiger partial charge in [-0.25, -0.2) is 4.79 Å². The lowest BCUT2D eigenvalue weighted by atomic mass is 9.87. The van der Waals surface area contributed by atoms with Crippen LogP contribution in [0.1, 0.15) is 43.7 Å². The van der Waals surface area contributed by atoms with Gasteiger partial charge in [0.2, 0.25) is 5.91 Å². The number of unbranched alkanes of at least 4 members (excludes halogenated alkanes) is 1. The summed E-state index contributed by atoms with van der Waals surface area (Å²) < 4.78 is 5.41. The van der Waals surface area contributed by atoms with Crippen molar-refractivity contribution in [3.63, 3.8) is 0 Å². The summed E-state index contributed by atoms with van der Waals surface area (Å²) in [6.07, 6.45) is 5.51. The lowest BCUT2D eigenvalue weighted by Crippen LogP contribution is -2.52. The van der Waals surface area contributed by atoms with Crippen LogP contribution in [-0.4, -0.2) is 84.2 Å². The smallest absolute Gasteiger partial charge is 0.407 e. The van der Waals surface area contributed by atoms with Crippen molar-refractivity contribution in [2.45, 2.75) is 51.5 Å². The van der Waals surface area contributed by atoms with Crippen LogP contribution in [0.4, 0.5) is 4.79 Å². The first-order valence-electron chi connectivity index (χ1n) is 11.2. The fourth-order valence-electron chi connectivity index (χ4n) is 4.64. The number of nitrogens with zero attached hydrogens (tertiary/aromatic N) is 3. The van der Waals surface area contributed by atoms with Gasteiger partial charge in [-0.2, -0.15) is 0 Å². The number of piperazine rings is 1. The van der Waals surface area contributed by atoms with E-state index in [4.69, 9.17) is 9.84 Å². The summed E-state index contributed by atoms with van der Waals surface area (Å²) in [7, 11) is 1.72. The number of rotatable bonds is 9. The van der Waals surface area contributed by atoms with E-state index < -0.39 is 6.09 Å². The zero-order valence-corrected chi connectivity index (χ0v) is 18.3. The molecule has 2 aliphatic rings. The van der Waals surface area contributed by atoms with Gasteiger partial charge < -0.3 is 19.6 Å². The number of carboxylic acid groups (broad SMARTS) is 1. The number of ether oxygens (including phenoxy) is 1. The highest BCUT2D eigenvalue weighted by Gasteiger charge is 2.27. The average molecular weight is 418 g/mol. The normalized spacial score (nSPS) is 19.2. The number of aryl methyl sites for hydroxylation is 1. The maximum atomic E-state index is 12.2. The second-order valence-electron chi connectivity index (χ2n) is 8.36. The van der Waals surface area contributed by atoms with Crippen LogP contribution < -0.4 is 4.74 Å².